The van der Waals surface area contributed by atoms with E-state index in [9.17, 15) is 9.59 Å². The van der Waals surface area contributed by atoms with Crippen LogP contribution in [0.25, 0.3) is 0 Å². The van der Waals surface area contributed by atoms with Crippen LogP contribution in [0.15, 0.2) is 48.5 Å². The van der Waals surface area contributed by atoms with Gasteiger partial charge in [-0.15, -0.1) is 0 Å². The number of aryl methyl sites for hydroxylation is 1. The van der Waals surface area contributed by atoms with Crippen molar-refractivity contribution < 1.29 is 14.3 Å². The number of nitrogens with one attached hydrogen (secondary N) is 3. The van der Waals surface area contributed by atoms with Gasteiger partial charge in [0.05, 0.1) is 6.10 Å². The summed E-state index contributed by atoms with van der Waals surface area (Å²) in [5.74, 6) is -0.417. The Hall–Kier alpha value is -2.77. The molecular weight excluding hydrogens is 374 g/mol. The van der Waals surface area contributed by atoms with Crippen molar-refractivity contribution in [1.82, 2.24) is 10.6 Å². The number of carbonyl (C=O) groups excluding carboxylic acids is 2. The topological polar surface area (TPSA) is 79.5 Å². The van der Waals surface area contributed by atoms with E-state index in [1.807, 2.05) is 19.1 Å². The van der Waals surface area contributed by atoms with Gasteiger partial charge in [-0.3, -0.25) is 14.9 Å². The number of hydrogen-bond donors (Lipinski definition) is 3. The van der Waals surface area contributed by atoms with Gasteiger partial charge in [-0.2, -0.15) is 0 Å². The number of thiocarbonyl (C=S) groups is 1. The van der Waals surface area contributed by atoms with Crippen LogP contribution in [0.3, 0.4) is 0 Å². The van der Waals surface area contributed by atoms with Gasteiger partial charge in [-0.05, 0) is 68.4 Å². The number of ether oxygens (including phenoxy) is 1. The number of rotatable bonds is 5. The molecule has 2 amide bonds. The van der Waals surface area contributed by atoms with Crippen molar-refractivity contribution in [2.45, 2.75) is 25.9 Å². The van der Waals surface area contributed by atoms with Gasteiger partial charge >= 0.3 is 0 Å². The monoisotopic (exact) mass is 397 g/mol. The molecule has 1 atom stereocenters. The Bertz CT molecular complexity index is 844. The molecule has 0 spiro atoms. The van der Waals surface area contributed by atoms with Gasteiger partial charge in [-0.1, -0.05) is 17.7 Å². The number of hydrogen-bond acceptors (Lipinski definition) is 4. The van der Waals surface area contributed by atoms with E-state index in [0.717, 1.165) is 25.0 Å². The molecule has 1 saturated heterocycles. The number of carbonyl (C=O) groups is 2. The molecule has 0 aliphatic carbocycles. The first-order valence-electron chi connectivity index (χ1n) is 9.20. The first kappa shape index (κ1) is 20.0. The van der Waals surface area contributed by atoms with Crippen LogP contribution in [-0.2, 0) is 4.74 Å². The molecule has 3 N–H and O–H groups in total. The molecule has 1 unspecified atom stereocenters. The van der Waals surface area contributed by atoms with E-state index in [-0.39, 0.29) is 23.0 Å². The third kappa shape index (κ3) is 5.61. The van der Waals surface area contributed by atoms with E-state index in [4.69, 9.17) is 17.0 Å². The van der Waals surface area contributed by atoms with Crippen LogP contribution in [0.4, 0.5) is 5.69 Å². The Labute approximate surface area is 169 Å². The molecule has 1 aliphatic rings. The van der Waals surface area contributed by atoms with Crippen molar-refractivity contribution in [3.05, 3.63) is 65.2 Å². The first-order valence-corrected chi connectivity index (χ1v) is 9.61. The van der Waals surface area contributed by atoms with E-state index in [0.29, 0.717) is 23.4 Å². The molecule has 1 fully saturated rings. The Morgan fingerprint density at radius 2 is 1.68 bits per heavy atom. The Morgan fingerprint density at radius 3 is 2.32 bits per heavy atom. The zero-order valence-electron chi connectivity index (χ0n) is 15.7. The molecule has 2 aromatic rings. The number of anilines is 1. The second kappa shape index (κ2) is 9.43. The maximum absolute atomic E-state index is 12.2. The summed E-state index contributed by atoms with van der Waals surface area (Å²) in [6.45, 7) is 3.25. The SMILES string of the molecule is Cc1ccc(C(=O)NC(=S)Nc2ccc(C(=O)NCC3CCCO3)cc2)cc1. The smallest absolute Gasteiger partial charge is 0.257 e. The zero-order valence-corrected chi connectivity index (χ0v) is 16.5. The molecule has 1 aliphatic heterocycles. The molecule has 146 valence electrons. The average Bonchev–Trinajstić information content (AvgIpc) is 3.20. The quantitative estimate of drug-likeness (QED) is 0.676. The third-order valence-electron chi connectivity index (χ3n) is 4.46. The van der Waals surface area contributed by atoms with Gasteiger partial charge in [-0.25, -0.2) is 0 Å². The standard InChI is InChI=1S/C21H23N3O3S/c1-14-4-6-16(7-5-14)20(26)24-21(28)23-17-10-8-15(9-11-17)19(25)22-13-18-3-2-12-27-18/h4-11,18H,2-3,12-13H2,1H3,(H,22,25)(H2,23,24,26,28). The lowest BCUT2D eigenvalue weighted by Crippen LogP contribution is -2.34. The van der Waals surface area contributed by atoms with E-state index in [1.54, 1.807) is 36.4 Å². The Morgan fingerprint density at radius 1 is 1.04 bits per heavy atom. The second-order valence-electron chi connectivity index (χ2n) is 6.70. The highest BCUT2D eigenvalue weighted by atomic mass is 32.1. The van der Waals surface area contributed by atoms with Crippen molar-refractivity contribution in [3.63, 3.8) is 0 Å². The summed E-state index contributed by atoms with van der Waals surface area (Å²) in [5.41, 5.74) is 2.85. The summed E-state index contributed by atoms with van der Waals surface area (Å²) in [5, 5.41) is 8.66. The van der Waals surface area contributed by atoms with Gasteiger partial charge in [0.15, 0.2) is 5.11 Å². The summed E-state index contributed by atoms with van der Waals surface area (Å²) in [4.78, 5) is 24.4. The summed E-state index contributed by atoms with van der Waals surface area (Å²) in [6.07, 6.45) is 2.13. The second-order valence-corrected chi connectivity index (χ2v) is 7.10. The van der Waals surface area contributed by atoms with Crippen molar-refractivity contribution in [1.29, 1.82) is 0 Å². The van der Waals surface area contributed by atoms with Crippen molar-refractivity contribution in [3.8, 4) is 0 Å². The molecule has 7 heteroatoms. The zero-order chi connectivity index (χ0) is 19.9. The minimum absolute atomic E-state index is 0.111. The molecule has 0 bridgehead atoms. The predicted molar refractivity (Wildman–Crippen MR) is 113 cm³/mol. The number of benzene rings is 2. The fourth-order valence-corrected chi connectivity index (χ4v) is 3.07. The highest BCUT2D eigenvalue weighted by Gasteiger charge is 2.16. The van der Waals surface area contributed by atoms with E-state index >= 15 is 0 Å². The Balaban J connectivity index is 1.48. The lowest BCUT2D eigenvalue weighted by Gasteiger charge is -2.12. The lowest BCUT2D eigenvalue weighted by atomic mass is 10.1. The lowest BCUT2D eigenvalue weighted by molar-refractivity contribution is 0.0857. The van der Waals surface area contributed by atoms with E-state index in [1.165, 1.54) is 0 Å². The summed E-state index contributed by atoms with van der Waals surface area (Å²) in [6, 6.07) is 14.1. The number of amides is 2. The minimum Gasteiger partial charge on any atom is -0.376 e. The molecule has 0 radical (unpaired) electrons. The summed E-state index contributed by atoms with van der Waals surface area (Å²) >= 11 is 5.19. The van der Waals surface area contributed by atoms with Gasteiger partial charge < -0.3 is 15.4 Å². The van der Waals surface area contributed by atoms with Crippen LogP contribution in [0.5, 0.6) is 0 Å². The maximum Gasteiger partial charge on any atom is 0.257 e. The first-order chi connectivity index (χ1) is 13.5. The maximum atomic E-state index is 12.2. The average molecular weight is 398 g/mol. The van der Waals surface area contributed by atoms with Crippen LogP contribution in [0.2, 0.25) is 0 Å². The largest absolute Gasteiger partial charge is 0.376 e. The van der Waals surface area contributed by atoms with Crippen LogP contribution < -0.4 is 16.0 Å². The summed E-state index contributed by atoms with van der Waals surface area (Å²) in [7, 11) is 0. The fraction of sp³-hybridized carbons (Fsp3) is 0.286. The Kier molecular flexibility index (Phi) is 6.73. The molecule has 0 aromatic heterocycles. The van der Waals surface area contributed by atoms with Crippen LogP contribution in [0.1, 0.15) is 39.1 Å². The third-order valence-corrected chi connectivity index (χ3v) is 4.66. The van der Waals surface area contributed by atoms with E-state index < -0.39 is 0 Å². The molecule has 2 aromatic carbocycles. The molecule has 28 heavy (non-hydrogen) atoms. The molecule has 3 rings (SSSR count). The van der Waals surface area contributed by atoms with Crippen LogP contribution >= 0.6 is 12.2 Å². The molecular formula is C21H23N3O3S. The van der Waals surface area contributed by atoms with Crippen molar-refractivity contribution in [2.75, 3.05) is 18.5 Å². The summed E-state index contributed by atoms with van der Waals surface area (Å²) < 4.78 is 5.50. The highest BCUT2D eigenvalue weighted by molar-refractivity contribution is 7.80. The molecule has 6 nitrogen and oxygen atoms in total. The van der Waals surface area contributed by atoms with Gasteiger partial charge in [0, 0.05) is 30.0 Å². The predicted octanol–water partition coefficient (Wildman–Crippen LogP) is 3.03. The van der Waals surface area contributed by atoms with Crippen molar-refractivity contribution in [2.24, 2.45) is 0 Å². The fourth-order valence-electron chi connectivity index (χ4n) is 2.86. The highest BCUT2D eigenvalue weighted by Crippen LogP contribution is 2.12. The van der Waals surface area contributed by atoms with Gasteiger partial charge in [0.2, 0.25) is 0 Å². The van der Waals surface area contributed by atoms with Crippen LogP contribution in [-0.4, -0.2) is 36.2 Å². The van der Waals surface area contributed by atoms with E-state index in [2.05, 4.69) is 16.0 Å². The van der Waals surface area contributed by atoms with Gasteiger partial charge in [0.25, 0.3) is 11.8 Å². The van der Waals surface area contributed by atoms with Crippen LogP contribution in [0, 0.1) is 6.92 Å². The molecule has 1 heterocycles. The molecule has 0 saturated carbocycles. The van der Waals surface area contributed by atoms with Crippen molar-refractivity contribution >= 4 is 34.8 Å². The minimum atomic E-state index is -0.275. The van der Waals surface area contributed by atoms with Gasteiger partial charge in [0.1, 0.15) is 0 Å². The normalized spacial score (nSPS) is 15.7.